The van der Waals surface area contributed by atoms with Gasteiger partial charge < -0.3 is 4.90 Å². The summed E-state index contributed by atoms with van der Waals surface area (Å²) in [4.78, 5) is 1.44. The SMILES string of the molecule is C=C(C)N1CCN(S(C)(=O)=O)C(C(F)(F)F)C1. The maximum atomic E-state index is 12.8. The lowest BCUT2D eigenvalue weighted by Gasteiger charge is -2.41. The van der Waals surface area contributed by atoms with Crippen LogP contribution in [0.15, 0.2) is 12.3 Å². The second-order valence-corrected chi connectivity index (χ2v) is 6.05. The number of hydrogen-bond donors (Lipinski definition) is 0. The predicted molar refractivity (Wildman–Crippen MR) is 57.8 cm³/mol. The van der Waals surface area contributed by atoms with Gasteiger partial charge in [0.2, 0.25) is 10.0 Å². The summed E-state index contributed by atoms with van der Waals surface area (Å²) in [5.41, 5.74) is 0.507. The molecule has 1 atom stereocenters. The van der Waals surface area contributed by atoms with Crippen LogP contribution in [0.1, 0.15) is 6.92 Å². The molecule has 1 aliphatic rings. The van der Waals surface area contributed by atoms with Crippen molar-refractivity contribution in [2.24, 2.45) is 0 Å². The van der Waals surface area contributed by atoms with Gasteiger partial charge in [-0.1, -0.05) is 6.58 Å². The largest absolute Gasteiger partial charge is 0.406 e. The summed E-state index contributed by atoms with van der Waals surface area (Å²) in [5.74, 6) is 0. The smallest absolute Gasteiger partial charge is 0.372 e. The van der Waals surface area contributed by atoms with Gasteiger partial charge in [0.25, 0.3) is 0 Å². The maximum Gasteiger partial charge on any atom is 0.406 e. The molecule has 1 fully saturated rings. The summed E-state index contributed by atoms with van der Waals surface area (Å²) in [5, 5.41) is 0. The van der Waals surface area contributed by atoms with Gasteiger partial charge in [-0.15, -0.1) is 0 Å². The van der Waals surface area contributed by atoms with Gasteiger partial charge in [0.05, 0.1) is 6.26 Å². The molecule has 1 saturated heterocycles. The zero-order valence-electron chi connectivity index (χ0n) is 9.66. The van der Waals surface area contributed by atoms with Crippen molar-refractivity contribution in [3.8, 4) is 0 Å². The molecule has 8 heteroatoms. The highest BCUT2D eigenvalue weighted by atomic mass is 32.2. The summed E-state index contributed by atoms with van der Waals surface area (Å²) in [6, 6.07) is -2.00. The van der Waals surface area contributed by atoms with E-state index in [0.29, 0.717) is 10.0 Å². The first-order valence-corrected chi connectivity index (χ1v) is 6.82. The van der Waals surface area contributed by atoms with Crippen molar-refractivity contribution < 1.29 is 21.6 Å². The van der Waals surface area contributed by atoms with E-state index in [1.165, 1.54) is 4.90 Å². The Kier molecular flexibility index (Phi) is 3.78. The lowest BCUT2D eigenvalue weighted by atomic mass is 10.2. The van der Waals surface area contributed by atoms with E-state index in [1.807, 2.05) is 0 Å². The molecule has 0 bridgehead atoms. The lowest BCUT2D eigenvalue weighted by molar-refractivity contribution is -0.180. The van der Waals surface area contributed by atoms with Crippen LogP contribution in [0.4, 0.5) is 13.2 Å². The van der Waals surface area contributed by atoms with E-state index in [0.717, 1.165) is 6.26 Å². The first-order chi connectivity index (χ1) is 7.53. The minimum absolute atomic E-state index is 0.171. The number of hydrogen-bond acceptors (Lipinski definition) is 3. The van der Waals surface area contributed by atoms with Gasteiger partial charge in [0, 0.05) is 25.3 Å². The average Bonchev–Trinajstić information content (AvgIpc) is 2.14. The standard InChI is InChI=1S/C9H15F3N2O2S/c1-7(2)13-4-5-14(17(3,15)16)8(6-13)9(10,11)12/h8H,1,4-6H2,2-3H3. The quantitative estimate of drug-likeness (QED) is 0.754. The Balaban J connectivity index is 3.00. The van der Waals surface area contributed by atoms with Crippen molar-refractivity contribution in [2.75, 3.05) is 25.9 Å². The van der Waals surface area contributed by atoms with E-state index in [4.69, 9.17) is 0 Å². The second-order valence-electron chi connectivity index (χ2n) is 4.11. The van der Waals surface area contributed by atoms with Crippen molar-refractivity contribution >= 4 is 10.0 Å². The fraction of sp³-hybridized carbons (Fsp3) is 0.778. The molecule has 1 unspecified atom stereocenters. The Morgan fingerprint density at radius 3 is 2.24 bits per heavy atom. The van der Waals surface area contributed by atoms with E-state index < -0.39 is 28.8 Å². The molecule has 4 nitrogen and oxygen atoms in total. The molecular formula is C9H15F3N2O2S. The third-order valence-corrected chi connectivity index (χ3v) is 3.96. The fourth-order valence-electron chi connectivity index (χ4n) is 1.78. The van der Waals surface area contributed by atoms with Crippen LogP contribution in [0.5, 0.6) is 0 Å². The van der Waals surface area contributed by atoms with Gasteiger partial charge in [-0.2, -0.15) is 17.5 Å². The second kappa shape index (κ2) is 4.49. The number of sulfonamides is 1. The molecule has 1 rings (SSSR count). The van der Waals surface area contributed by atoms with Gasteiger partial charge in [0.15, 0.2) is 0 Å². The zero-order chi connectivity index (χ0) is 13.4. The molecule has 100 valence electrons. The fourth-order valence-corrected chi connectivity index (χ4v) is 2.84. The number of rotatable bonds is 2. The summed E-state index contributed by atoms with van der Waals surface area (Å²) >= 11 is 0. The number of piperazine rings is 1. The van der Waals surface area contributed by atoms with Crippen LogP contribution in [-0.4, -0.2) is 55.7 Å². The van der Waals surface area contributed by atoms with Gasteiger partial charge in [-0.25, -0.2) is 8.42 Å². The molecule has 0 N–H and O–H groups in total. The van der Waals surface area contributed by atoms with Crippen LogP contribution >= 0.6 is 0 Å². The van der Waals surface area contributed by atoms with E-state index in [1.54, 1.807) is 6.92 Å². The Morgan fingerprint density at radius 2 is 1.88 bits per heavy atom. The molecule has 0 aromatic carbocycles. The van der Waals surface area contributed by atoms with Crippen LogP contribution in [0, 0.1) is 0 Å². The first kappa shape index (κ1) is 14.3. The molecule has 0 aromatic heterocycles. The predicted octanol–water partition coefficient (Wildman–Crippen LogP) is 1.03. The Labute approximate surface area is 98.7 Å². The minimum atomic E-state index is -4.57. The molecule has 0 aliphatic carbocycles. The van der Waals surface area contributed by atoms with Crippen LogP contribution in [0.2, 0.25) is 0 Å². The van der Waals surface area contributed by atoms with E-state index in [-0.39, 0.29) is 13.1 Å². The third kappa shape index (κ3) is 3.35. The summed E-state index contributed by atoms with van der Waals surface area (Å²) < 4.78 is 61.5. The Bertz CT molecular complexity index is 405. The van der Waals surface area contributed by atoms with Crippen molar-refractivity contribution in [1.29, 1.82) is 0 Å². The topological polar surface area (TPSA) is 40.6 Å². The molecule has 0 aromatic rings. The number of nitrogens with zero attached hydrogens (tertiary/aromatic N) is 2. The molecule has 0 saturated carbocycles. The molecule has 0 radical (unpaired) electrons. The molecule has 0 spiro atoms. The van der Waals surface area contributed by atoms with Crippen molar-refractivity contribution in [3.05, 3.63) is 12.3 Å². The van der Waals surface area contributed by atoms with E-state index >= 15 is 0 Å². The molecule has 1 aliphatic heterocycles. The number of allylic oxidation sites excluding steroid dienone is 1. The Morgan fingerprint density at radius 1 is 1.35 bits per heavy atom. The molecule has 17 heavy (non-hydrogen) atoms. The highest BCUT2D eigenvalue weighted by Gasteiger charge is 2.49. The van der Waals surface area contributed by atoms with Crippen LogP contribution in [0.3, 0.4) is 0 Å². The monoisotopic (exact) mass is 272 g/mol. The zero-order valence-corrected chi connectivity index (χ0v) is 10.5. The van der Waals surface area contributed by atoms with Gasteiger partial charge in [-0.05, 0) is 6.92 Å². The summed E-state index contributed by atoms with van der Waals surface area (Å²) in [6.45, 7) is 4.84. The molecular weight excluding hydrogens is 257 g/mol. The number of alkyl halides is 3. The molecule has 0 amide bonds. The Hall–Kier alpha value is -0.760. The number of halogens is 3. The van der Waals surface area contributed by atoms with E-state index in [9.17, 15) is 21.6 Å². The van der Waals surface area contributed by atoms with E-state index in [2.05, 4.69) is 6.58 Å². The maximum absolute atomic E-state index is 12.8. The first-order valence-electron chi connectivity index (χ1n) is 4.97. The normalized spacial score (nSPS) is 23.8. The highest BCUT2D eigenvalue weighted by Crippen LogP contribution is 2.30. The highest BCUT2D eigenvalue weighted by molar-refractivity contribution is 7.88. The minimum Gasteiger partial charge on any atom is -0.372 e. The van der Waals surface area contributed by atoms with Crippen molar-refractivity contribution in [2.45, 2.75) is 19.1 Å². The summed E-state index contributed by atoms with van der Waals surface area (Å²) in [7, 11) is -3.85. The van der Waals surface area contributed by atoms with Gasteiger partial charge in [0.1, 0.15) is 6.04 Å². The third-order valence-electron chi connectivity index (χ3n) is 2.67. The van der Waals surface area contributed by atoms with Crippen molar-refractivity contribution in [3.63, 3.8) is 0 Å². The van der Waals surface area contributed by atoms with Gasteiger partial charge >= 0.3 is 6.18 Å². The average molecular weight is 272 g/mol. The van der Waals surface area contributed by atoms with Crippen LogP contribution < -0.4 is 0 Å². The van der Waals surface area contributed by atoms with Gasteiger partial charge in [-0.3, -0.25) is 0 Å². The van der Waals surface area contributed by atoms with Crippen LogP contribution in [0.25, 0.3) is 0 Å². The summed E-state index contributed by atoms with van der Waals surface area (Å²) in [6.07, 6.45) is -3.78. The van der Waals surface area contributed by atoms with Crippen LogP contribution in [-0.2, 0) is 10.0 Å². The lowest BCUT2D eigenvalue weighted by Crippen LogP contribution is -2.59. The molecule has 1 heterocycles. The van der Waals surface area contributed by atoms with Crippen molar-refractivity contribution in [1.82, 2.24) is 9.21 Å².